The van der Waals surface area contributed by atoms with Crippen LogP contribution in [0, 0.1) is 6.92 Å². The van der Waals surface area contributed by atoms with Gasteiger partial charge in [-0.3, -0.25) is 9.97 Å². The van der Waals surface area contributed by atoms with Gasteiger partial charge in [0.25, 0.3) is 0 Å². The Morgan fingerprint density at radius 1 is 1.26 bits per heavy atom. The van der Waals surface area contributed by atoms with Crippen LogP contribution in [-0.4, -0.2) is 16.6 Å². The van der Waals surface area contributed by atoms with Crippen LogP contribution in [0.5, 0.6) is 5.75 Å². The second-order valence-electron chi connectivity index (χ2n) is 4.51. The predicted octanol–water partition coefficient (Wildman–Crippen LogP) is 2.62. The SMILES string of the molecule is CCCOc1cncc(C(N)c2ccnc(C)c2)c1. The average Bonchev–Trinajstić information content (AvgIpc) is 2.44. The molecule has 4 nitrogen and oxygen atoms in total. The summed E-state index contributed by atoms with van der Waals surface area (Å²) < 4.78 is 5.58. The third kappa shape index (κ3) is 3.51. The largest absolute Gasteiger partial charge is 0.492 e. The van der Waals surface area contributed by atoms with Crippen molar-refractivity contribution in [3.8, 4) is 5.75 Å². The molecular formula is C15H19N3O. The summed E-state index contributed by atoms with van der Waals surface area (Å²) in [5.41, 5.74) is 9.19. The minimum Gasteiger partial charge on any atom is -0.492 e. The lowest BCUT2D eigenvalue weighted by atomic mass is 10.0. The number of aryl methyl sites for hydroxylation is 1. The van der Waals surface area contributed by atoms with Crippen molar-refractivity contribution < 1.29 is 4.74 Å². The fraction of sp³-hybridized carbons (Fsp3) is 0.333. The highest BCUT2D eigenvalue weighted by Gasteiger charge is 2.10. The van der Waals surface area contributed by atoms with Crippen molar-refractivity contribution in [2.24, 2.45) is 5.73 Å². The monoisotopic (exact) mass is 257 g/mol. The molecule has 2 aromatic rings. The second-order valence-corrected chi connectivity index (χ2v) is 4.51. The molecule has 0 fully saturated rings. The molecule has 0 amide bonds. The summed E-state index contributed by atoms with van der Waals surface area (Å²) in [6.07, 6.45) is 6.23. The van der Waals surface area contributed by atoms with Crippen molar-refractivity contribution in [1.82, 2.24) is 9.97 Å². The predicted molar refractivity (Wildman–Crippen MR) is 75.0 cm³/mol. The molecule has 0 spiro atoms. The summed E-state index contributed by atoms with van der Waals surface area (Å²) >= 11 is 0. The first-order chi connectivity index (χ1) is 9.20. The highest BCUT2D eigenvalue weighted by molar-refractivity contribution is 5.33. The number of aromatic nitrogens is 2. The smallest absolute Gasteiger partial charge is 0.137 e. The van der Waals surface area contributed by atoms with Crippen molar-refractivity contribution in [3.05, 3.63) is 53.6 Å². The van der Waals surface area contributed by atoms with E-state index >= 15 is 0 Å². The minimum absolute atomic E-state index is 0.209. The third-order valence-electron chi connectivity index (χ3n) is 2.85. The lowest BCUT2D eigenvalue weighted by Crippen LogP contribution is -2.12. The van der Waals surface area contributed by atoms with E-state index in [4.69, 9.17) is 10.5 Å². The normalized spacial score (nSPS) is 12.2. The van der Waals surface area contributed by atoms with Crippen molar-refractivity contribution in [2.75, 3.05) is 6.61 Å². The average molecular weight is 257 g/mol. The molecule has 0 saturated heterocycles. The molecule has 2 aromatic heterocycles. The fourth-order valence-electron chi connectivity index (χ4n) is 1.86. The molecule has 1 atom stereocenters. The summed E-state index contributed by atoms with van der Waals surface area (Å²) in [4.78, 5) is 8.36. The number of hydrogen-bond donors (Lipinski definition) is 1. The van der Waals surface area contributed by atoms with E-state index in [1.165, 1.54) is 0 Å². The number of ether oxygens (including phenoxy) is 1. The maximum Gasteiger partial charge on any atom is 0.137 e. The van der Waals surface area contributed by atoms with E-state index in [-0.39, 0.29) is 6.04 Å². The van der Waals surface area contributed by atoms with Gasteiger partial charge in [-0.1, -0.05) is 6.92 Å². The maximum absolute atomic E-state index is 6.26. The first-order valence-corrected chi connectivity index (χ1v) is 6.46. The molecule has 19 heavy (non-hydrogen) atoms. The summed E-state index contributed by atoms with van der Waals surface area (Å²) in [6, 6.07) is 5.66. The quantitative estimate of drug-likeness (QED) is 0.894. The summed E-state index contributed by atoms with van der Waals surface area (Å²) in [6.45, 7) is 4.72. The zero-order valence-corrected chi connectivity index (χ0v) is 11.3. The first kappa shape index (κ1) is 13.5. The highest BCUT2D eigenvalue weighted by atomic mass is 16.5. The van der Waals surface area contributed by atoms with Crippen LogP contribution in [0.25, 0.3) is 0 Å². The highest BCUT2D eigenvalue weighted by Crippen LogP contribution is 2.22. The number of pyridine rings is 2. The Kier molecular flexibility index (Phi) is 4.47. The van der Waals surface area contributed by atoms with Crippen LogP contribution in [0.3, 0.4) is 0 Å². The Balaban J connectivity index is 2.21. The van der Waals surface area contributed by atoms with E-state index in [0.29, 0.717) is 6.61 Å². The van der Waals surface area contributed by atoms with Crippen LogP contribution >= 0.6 is 0 Å². The van der Waals surface area contributed by atoms with Gasteiger partial charge in [0, 0.05) is 18.1 Å². The molecule has 0 aromatic carbocycles. The topological polar surface area (TPSA) is 61.0 Å². The molecule has 1 unspecified atom stereocenters. The van der Waals surface area contributed by atoms with Crippen LogP contribution in [0.1, 0.15) is 36.2 Å². The lowest BCUT2D eigenvalue weighted by Gasteiger charge is -2.14. The van der Waals surface area contributed by atoms with E-state index in [0.717, 1.165) is 29.0 Å². The van der Waals surface area contributed by atoms with Gasteiger partial charge in [-0.2, -0.15) is 0 Å². The van der Waals surface area contributed by atoms with Crippen molar-refractivity contribution in [1.29, 1.82) is 0 Å². The van der Waals surface area contributed by atoms with E-state index in [9.17, 15) is 0 Å². The molecule has 100 valence electrons. The van der Waals surface area contributed by atoms with Gasteiger partial charge in [0.1, 0.15) is 5.75 Å². The Bertz CT molecular complexity index is 542. The van der Waals surface area contributed by atoms with Crippen molar-refractivity contribution in [3.63, 3.8) is 0 Å². The van der Waals surface area contributed by atoms with Gasteiger partial charge in [0.05, 0.1) is 18.8 Å². The van der Waals surface area contributed by atoms with Crippen LogP contribution in [0.15, 0.2) is 36.8 Å². The summed E-state index contributed by atoms with van der Waals surface area (Å²) in [7, 11) is 0. The molecule has 0 aliphatic rings. The molecule has 2 rings (SSSR count). The lowest BCUT2D eigenvalue weighted by molar-refractivity contribution is 0.315. The van der Waals surface area contributed by atoms with Crippen LogP contribution in [0.2, 0.25) is 0 Å². The number of rotatable bonds is 5. The molecular weight excluding hydrogens is 238 g/mol. The summed E-state index contributed by atoms with van der Waals surface area (Å²) in [5.74, 6) is 0.764. The van der Waals surface area contributed by atoms with Gasteiger partial charge in [0.15, 0.2) is 0 Å². The van der Waals surface area contributed by atoms with E-state index in [2.05, 4.69) is 16.9 Å². The number of hydrogen-bond acceptors (Lipinski definition) is 4. The van der Waals surface area contributed by atoms with E-state index < -0.39 is 0 Å². The Hall–Kier alpha value is -1.94. The van der Waals surface area contributed by atoms with Gasteiger partial charge in [-0.15, -0.1) is 0 Å². The molecule has 0 aliphatic heterocycles. The van der Waals surface area contributed by atoms with Gasteiger partial charge in [-0.05, 0) is 42.7 Å². The van der Waals surface area contributed by atoms with Gasteiger partial charge in [0.2, 0.25) is 0 Å². The standard InChI is InChI=1S/C15H19N3O/c1-3-6-19-14-8-13(9-17-10-14)15(16)12-4-5-18-11(2)7-12/h4-5,7-10,15H,3,6,16H2,1-2H3. The van der Waals surface area contributed by atoms with Gasteiger partial charge < -0.3 is 10.5 Å². The van der Waals surface area contributed by atoms with Gasteiger partial charge >= 0.3 is 0 Å². The van der Waals surface area contributed by atoms with Crippen LogP contribution in [0.4, 0.5) is 0 Å². The third-order valence-corrected chi connectivity index (χ3v) is 2.85. The summed E-state index contributed by atoms with van der Waals surface area (Å²) in [5, 5.41) is 0. The molecule has 4 heteroatoms. The number of nitrogens with zero attached hydrogens (tertiary/aromatic N) is 2. The van der Waals surface area contributed by atoms with E-state index in [1.807, 2.05) is 25.1 Å². The van der Waals surface area contributed by atoms with Crippen LogP contribution in [-0.2, 0) is 0 Å². The zero-order valence-electron chi connectivity index (χ0n) is 11.3. The fourth-order valence-corrected chi connectivity index (χ4v) is 1.86. The number of nitrogens with two attached hydrogens (primary N) is 1. The second kappa shape index (κ2) is 6.29. The molecule has 2 N–H and O–H groups in total. The Morgan fingerprint density at radius 3 is 2.84 bits per heavy atom. The minimum atomic E-state index is -0.209. The Labute approximate surface area is 113 Å². The first-order valence-electron chi connectivity index (χ1n) is 6.46. The zero-order chi connectivity index (χ0) is 13.7. The Morgan fingerprint density at radius 2 is 2.11 bits per heavy atom. The molecule has 0 bridgehead atoms. The van der Waals surface area contributed by atoms with Crippen molar-refractivity contribution >= 4 is 0 Å². The molecule has 2 heterocycles. The maximum atomic E-state index is 6.26. The molecule has 0 saturated carbocycles. The van der Waals surface area contributed by atoms with Gasteiger partial charge in [-0.25, -0.2) is 0 Å². The van der Waals surface area contributed by atoms with Crippen LogP contribution < -0.4 is 10.5 Å². The van der Waals surface area contributed by atoms with Crippen molar-refractivity contribution in [2.45, 2.75) is 26.3 Å². The van der Waals surface area contributed by atoms with E-state index in [1.54, 1.807) is 18.6 Å². The molecule has 0 radical (unpaired) electrons. The molecule has 0 aliphatic carbocycles.